The van der Waals surface area contributed by atoms with Crippen molar-refractivity contribution in [2.75, 3.05) is 6.26 Å². The van der Waals surface area contributed by atoms with Gasteiger partial charge in [-0.1, -0.05) is 30.3 Å². The van der Waals surface area contributed by atoms with Crippen LogP contribution in [0, 0.1) is 20.8 Å². The van der Waals surface area contributed by atoms with E-state index in [2.05, 4.69) is 9.97 Å². The SMILES string of the molecule is Cc1cn(-c2ccc(-c3cccc(S(C)(=O)=O)c3)cc2-c2nc(C)oc2-c2ccc(C(F)(F)F)cc2)c(C)n1. The second-order valence-corrected chi connectivity index (χ2v) is 11.3. The first-order chi connectivity index (χ1) is 18.3. The molecule has 0 aliphatic carbocycles. The molecule has 0 saturated carbocycles. The molecule has 0 unspecified atom stereocenters. The van der Waals surface area contributed by atoms with Crippen LogP contribution in [0.15, 0.2) is 82.2 Å². The molecule has 5 aromatic rings. The predicted molar refractivity (Wildman–Crippen MR) is 142 cm³/mol. The summed E-state index contributed by atoms with van der Waals surface area (Å²) in [6, 6.07) is 17.0. The van der Waals surface area contributed by atoms with E-state index < -0.39 is 21.6 Å². The van der Waals surface area contributed by atoms with Gasteiger partial charge in [-0.2, -0.15) is 13.2 Å². The molecule has 0 radical (unpaired) electrons. The molecule has 0 aliphatic rings. The van der Waals surface area contributed by atoms with Crippen LogP contribution in [0.2, 0.25) is 0 Å². The molecule has 0 bridgehead atoms. The van der Waals surface area contributed by atoms with E-state index in [-0.39, 0.29) is 4.90 Å². The van der Waals surface area contributed by atoms with Crippen molar-refractivity contribution in [2.45, 2.75) is 31.8 Å². The summed E-state index contributed by atoms with van der Waals surface area (Å²) in [4.78, 5) is 9.32. The van der Waals surface area contributed by atoms with Gasteiger partial charge in [-0.15, -0.1) is 0 Å². The first-order valence-corrected chi connectivity index (χ1v) is 13.8. The van der Waals surface area contributed by atoms with Crippen molar-refractivity contribution in [3.8, 4) is 39.4 Å². The fraction of sp³-hybridized carbons (Fsp3) is 0.172. The number of hydrogen-bond acceptors (Lipinski definition) is 5. The number of aromatic nitrogens is 3. The highest BCUT2D eigenvalue weighted by molar-refractivity contribution is 7.90. The highest BCUT2D eigenvalue weighted by atomic mass is 32.2. The second-order valence-electron chi connectivity index (χ2n) is 9.32. The molecule has 0 fully saturated rings. The Balaban J connectivity index is 1.73. The maximum Gasteiger partial charge on any atom is 0.416 e. The Labute approximate surface area is 223 Å². The summed E-state index contributed by atoms with van der Waals surface area (Å²) in [7, 11) is -3.42. The number of nitrogens with zero attached hydrogens (tertiary/aromatic N) is 3. The van der Waals surface area contributed by atoms with Gasteiger partial charge in [0.25, 0.3) is 0 Å². The number of sulfone groups is 1. The largest absolute Gasteiger partial charge is 0.440 e. The number of alkyl halides is 3. The zero-order valence-corrected chi connectivity index (χ0v) is 22.4. The van der Waals surface area contributed by atoms with E-state index in [1.54, 1.807) is 19.1 Å². The van der Waals surface area contributed by atoms with E-state index in [0.29, 0.717) is 34.0 Å². The number of imidazole rings is 1. The number of rotatable bonds is 5. The summed E-state index contributed by atoms with van der Waals surface area (Å²) >= 11 is 0. The van der Waals surface area contributed by atoms with Crippen molar-refractivity contribution in [2.24, 2.45) is 0 Å². The van der Waals surface area contributed by atoms with Crippen molar-refractivity contribution in [3.63, 3.8) is 0 Å². The van der Waals surface area contributed by atoms with Crippen LogP contribution in [0.4, 0.5) is 13.2 Å². The normalized spacial score (nSPS) is 12.2. The Kier molecular flexibility index (Phi) is 6.46. The molecule has 3 aromatic carbocycles. The van der Waals surface area contributed by atoms with Crippen molar-refractivity contribution in [1.82, 2.24) is 14.5 Å². The van der Waals surface area contributed by atoms with Crippen LogP contribution in [0.5, 0.6) is 0 Å². The summed E-state index contributed by atoms with van der Waals surface area (Å²) < 4.78 is 71.7. The van der Waals surface area contributed by atoms with Crippen molar-refractivity contribution in [3.05, 3.63) is 95.9 Å². The van der Waals surface area contributed by atoms with Crippen LogP contribution in [-0.2, 0) is 16.0 Å². The Morgan fingerprint density at radius 1 is 0.846 bits per heavy atom. The van der Waals surface area contributed by atoms with Crippen LogP contribution in [0.1, 0.15) is 23.0 Å². The minimum atomic E-state index is -4.46. The maximum absolute atomic E-state index is 13.2. The zero-order chi connectivity index (χ0) is 28.1. The van der Waals surface area contributed by atoms with Gasteiger partial charge in [0.05, 0.1) is 21.8 Å². The number of aryl methyl sites for hydroxylation is 3. The summed E-state index contributed by atoms with van der Waals surface area (Å²) in [5.74, 6) is 1.39. The van der Waals surface area contributed by atoms with Crippen LogP contribution in [0.3, 0.4) is 0 Å². The average molecular weight is 552 g/mol. The molecular formula is C29H24F3N3O3S. The second kappa shape index (κ2) is 9.53. The molecule has 0 saturated heterocycles. The third-order valence-electron chi connectivity index (χ3n) is 6.32. The monoisotopic (exact) mass is 551 g/mol. The fourth-order valence-electron chi connectivity index (χ4n) is 4.50. The van der Waals surface area contributed by atoms with Crippen LogP contribution in [-0.4, -0.2) is 29.2 Å². The Bertz CT molecular complexity index is 1800. The number of halogens is 3. The molecule has 0 spiro atoms. The van der Waals surface area contributed by atoms with Gasteiger partial charge in [0.1, 0.15) is 11.5 Å². The van der Waals surface area contributed by atoms with Gasteiger partial charge in [0, 0.05) is 30.5 Å². The van der Waals surface area contributed by atoms with E-state index in [1.807, 2.05) is 48.9 Å². The van der Waals surface area contributed by atoms with Crippen LogP contribution in [0.25, 0.3) is 39.4 Å². The highest BCUT2D eigenvalue weighted by Gasteiger charge is 2.30. The van der Waals surface area contributed by atoms with Gasteiger partial charge in [0.15, 0.2) is 21.5 Å². The molecule has 0 amide bonds. The van der Waals surface area contributed by atoms with Crippen molar-refractivity contribution in [1.29, 1.82) is 0 Å². The van der Waals surface area contributed by atoms with Gasteiger partial charge < -0.3 is 8.98 Å². The molecule has 0 N–H and O–H groups in total. The molecule has 0 aliphatic heterocycles. The average Bonchev–Trinajstić information content (AvgIpc) is 3.43. The van der Waals surface area contributed by atoms with E-state index in [0.717, 1.165) is 41.2 Å². The lowest BCUT2D eigenvalue weighted by Crippen LogP contribution is -2.04. The predicted octanol–water partition coefficient (Wildman–Crippen LogP) is 7.21. The smallest absolute Gasteiger partial charge is 0.416 e. The lowest BCUT2D eigenvalue weighted by atomic mass is 9.97. The summed E-state index contributed by atoms with van der Waals surface area (Å²) in [5.41, 5.74) is 3.71. The zero-order valence-electron chi connectivity index (χ0n) is 21.5. The molecular weight excluding hydrogens is 527 g/mol. The Morgan fingerprint density at radius 2 is 1.51 bits per heavy atom. The van der Waals surface area contributed by atoms with Gasteiger partial charge >= 0.3 is 6.18 Å². The Hall–Kier alpha value is -4.18. The van der Waals surface area contributed by atoms with Crippen molar-refractivity contribution >= 4 is 9.84 Å². The Morgan fingerprint density at radius 3 is 2.13 bits per heavy atom. The van der Waals surface area contributed by atoms with E-state index in [1.165, 1.54) is 18.2 Å². The maximum atomic E-state index is 13.2. The molecule has 200 valence electrons. The third kappa shape index (κ3) is 5.24. The van der Waals surface area contributed by atoms with Gasteiger partial charge in [-0.25, -0.2) is 18.4 Å². The molecule has 5 rings (SSSR count). The molecule has 6 nitrogen and oxygen atoms in total. The lowest BCUT2D eigenvalue weighted by molar-refractivity contribution is -0.137. The number of hydrogen-bond donors (Lipinski definition) is 0. The fourth-order valence-corrected chi connectivity index (χ4v) is 5.17. The summed E-state index contributed by atoms with van der Waals surface area (Å²) in [6.45, 7) is 5.41. The lowest BCUT2D eigenvalue weighted by Gasteiger charge is -2.14. The molecule has 10 heteroatoms. The minimum absolute atomic E-state index is 0.189. The van der Waals surface area contributed by atoms with Crippen LogP contribution >= 0.6 is 0 Å². The highest BCUT2D eigenvalue weighted by Crippen LogP contribution is 2.39. The molecule has 2 heterocycles. The summed E-state index contributed by atoms with van der Waals surface area (Å²) in [6.07, 6.45) is -1.43. The number of benzene rings is 3. The van der Waals surface area contributed by atoms with E-state index in [4.69, 9.17) is 4.42 Å². The standard InChI is InChI=1S/C29H24F3N3O3S/c1-17-16-35(18(2)33-17)26-13-10-22(21-6-5-7-24(14-21)39(4,36)37)15-25(26)27-28(38-19(3)34-27)20-8-11-23(12-9-20)29(30,31)32/h5-16H,1-4H3. The number of oxazole rings is 1. The van der Waals surface area contributed by atoms with E-state index in [9.17, 15) is 21.6 Å². The van der Waals surface area contributed by atoms with Gasteiger partial charge in [0.2, 0.25) is 0 Å². The van der Waals surface area contributed by atoms with Crippen LogP contribution < -0.4 is 0 Å². The summed E-state index contributed by atoms with van der Waals surface area (Å²) in [5, 5.41) is 0. The van der Waals surface area contributed by atoms with Gasteiger partial charge in [-0.05, 0) is 61.4 Å². The quantitative estimate of drug-likeness (QED) is 0.231. The topological polar surface area (TPSA) is 78.0 Å². The van der Waals surface area contributed by atoms with E-state index >= 15 is 0 Å². The third-order valence-corrected chi connectivity index (χ3v) is 7.43. The molecule has 2 aromatic heterocycles. The molecule has 39 heavy (non-hydrogen) atoms. The first-order valence-electron chi connectivity index (χ1n) is 11.9. The minimum Gasteiger partial charge on any atom is -0.440 e. The van der Waals surface area contributed by atoms with Crippen molar-refractivity contribution < 1.29 is 26.0 Å². The first kappa shape index (κ1) is 26.4. The van der Waals surface area contributed by atoms with Gasteiger partial charge in [-0.3, -0.25) is 0 Å². The molecule has 0 atom stereocenters.